The summed E-state index contributed by atoms with van der Waals surface area (Å²) in [4.78, 5) is 9.44. The van der Waals surface area contributed by atoms with Gasteiger partial charge in [-0.1, -0.05) is 18.2 Å². The minimum Gasteiger partial charge on any atom is -0.357 e. The molecule has 0 bridgehead atoms. The van der Waals surface area contributed by atoms with Gasteiger partial charge in [-0.15, -0.1) is 24.0 Å². The predicted molar refractivity (Wildman–Crippen MR) is 107 cm³/mol. The van der Waals surface area contributed by atoms with Gasteiger partial charge >= 0.3 is 0 Å². The van der Waals surface area contributed by atoms with E-state index in [2.05, 4.69) is 25.7 Å². The van der Waals surface area contributed by atoms with E-state index in [1.54, 1.807) is 4.68 Å². The van der Waals surface area contributed by atoms with E-state index in [0.717, 1.165) is 17.3 Å². The Balaban J connectivity index is 0.00000288. The number of aryl methyl sites for hydroxylation is 1. The first-order valence-electron chi connectivity index (χ1n) is 7.49. The molecule has 0 aliphatic carbocycles. The topological polar surface area (TPSA) is 84.2 Å². The summed E-state index contributed by atoms with van der Waals surface area (Å²) in [5.41, 5.74) is 0. The third kappa shape index (κ3) is 6.56. The van der Waals surface area contributed by atoms with Gasteiger partial charge in [0.05, 0.1) is 10.8 Å². The van der Waals surface area contributed by atoms with Gasteiger partial charge < -0.3 is 10.6 Å². The second-order valence-corrected chi connectivity index (χ2v) is 6.36. The van der Waals surface area contributed by atoms with E-state index in [1.165, 1.54) is 6.33 Å². The summed E-state index contributed by atoms with van der Waals surface area (Å²) in [6.07, 6.45) is 1.51. The van der Waals surface area contributed by atoms with E-state index in [9.17, 15) is 4.21 Å². The van der Waals surface area contributed by atoms with Crippen LogP contribution >= 0.6 is 24.0 Å². The number of nitrogens with one attached hydrogen (secondary N) is 2. The molecule has 2 N–H and O–H groups in total. The summed E-state index contributed by atoms with van der Waals surface area (Å²) in [5, 5.41) is 10.4. The average molecular weight is 462 g/mol. The predicted octanol–water partition coefficient (Wildman–Crippen LogP) is 1.30. The molecular weight excluding hydrogens is 439 g/mol. The first-order valence-corrected chi connectivity index (χ1v) is 8.81. The van der Waals surface area contributed by atoms with E-state index < -0.39 is 10.8 Å². The zero-order valence-corrected chi connectivity index (χ0v) is 17.0. The Morgan fingerprint density at radius 3 is 2.67 bits per heavy atom. The van der Waals surface area contributed by atoms with Crippen LogP contribution in [0.2, 0.25) is 0 Å². The van der Waals surface area contributed by atoms with Crippen LogP contribution in [0.25, 0.3) is 0 Å². The van der Waals surface area contributed by atoms with E-state index >= 15 is 0 Å². The van der Waals surface area contributed by atoms with E-state index in [-0.39, 0.29) is 24.0 Å². The molecule has 1 unspecified atom stereocenters. The van der Waals surface area contributed by atoms with Crippen molar-refractivity contribution in [3.8, 4) is 0 Å². The van der Waals surface area contributed by atoms with Crippen molar-refractivity contribution in [3.05, 3.63) is 42.5 Å². The van der Waals surface area contributed by atoms with Crippen LogP contribution in [-0.2, 0) is 24.4 Å². The molecule has 0 saturated carbocycles. The molecule has 0 saturated heterocycles. The second kappa shape index (κ2) is 11.1. The average Bonchev–Trinajstić information content (AvgIpc) is 2.98. The molecule has 1 atom stereocenters. The molecule has 0 amide bonds. The van der Waals surface area contributed by atoms with Crippen molar-refractivity contribution >= 4 is 40.7 Å². The lowest BCUT2D eigenvalue weighted by molar-refractivity contribution is 0.680. The summed E-state index contributed by atoms with van der Waals surface area (Å²) in [7, 11) is 0.822. The molecule has 1 aromatic heterocycles. The molecule has 7 nitrogen and oxygen atoms in total. The Hall–Kier alpha value is -1.49. The summed E-state index contributed by atoms with van der Waals surface area (Å²) < 4.78 is 13.9. The lowest BCUT2D eigenvalue weighted by Crippen LogP contribution is -2.39. The van der Waals surface area contributed by atoms with Crippen LogP contribution in [0.4, 0.5) is 0 Å². The van der Waals surface area contributed by atoms with Gasteiger partial charge in [0.1, 0.15) is 18.7 Å². The molecule has 9 heteroatoms. The van der Waals surface area contributed by atoms with Crippen LogP contribution in [0, 0.1) is 0 Å². The summed E-state index contributed by atoms with van der Waals surface area (Å²) in [6, 6.07) is 9.47. The van der Waals surface area contributed by atoms with Crippen molar-refractivity contribution < 1.29 is 4.21 Å². The smallest absolute Gasteiger partial charge is 0.191 e. The van der Waals surface area contributed by atoms with Gasteiger partial charge in [-0.25, -0.2) is 9.98 Å². The zero-order chi connectivity index (χ0) is 16.5. The zero-order valence-electron chi connectivity index (χ0n) is 13.8. The highest BCUT2D eigenvalue weighted by Crippen LogP contribution is 2.04. The van der Waals surface area contributed by atoms with Gasteiger partial charge in [0, 0.05) is 30.8 Å². The Kier molecular flexibility index (Phi) is 9.53. The van der Waals surface area contributed by atoms with Gasteiger partial charge in [-0.3, -0.25) is 8.89 Å². The van der Waals surface area contributed by atoms with Crippen molar-refractivity contribution in [1.82, 2.24) is 25.4 Å². The van der Waals surface area contributed by atoms with Crippen LogP contribution in [-0.4, -0.2) is 43.8 Å². The quantitative estimate of drug-likeness (QED) is 0.368. The summed E-state index contributed by atoms with van der Waals surface area (Å²) in [5.74, 6) is 1.99. The third-order valence-electron chi connectivity index (χ3n) is 3.11. The van der Waals surface area contributed by atoms with Gasteiger partial charge in [0.25, 0.3) is 0 Å². The number of aliphatic imine (C=N–C) groups is 1. The van der Waals surface area contributed by atoms with Crippen LogP contribution in [0.5, 0.6) is 0 Å². The Morgan fingerprint density at radius 1 is 1.29 bits per heavy atom. The number of benzene rings is 1. The highest BCUT2D eigenvalue weighted by molar-refractivity contribution is 14.0. The molecule has 0 aliphatic rings. The Morgan fingerprint density at radius 2 is 2.04 bits per heavy atom. The summed E-state index contributed by atoms with van der Waals surface area (Å²) >= 11 is 0. The van der Waals surface area contributed by atoms with Crippen molar-refractivity contribution in [3.63, 3.8) is 0 Å². The van der Waals surface area contributed by atoms with Gasteiger partial charge in [-0.2, -0.15) is 5.10 Å². The maximum atomic E-state index is 12.2. The van der Waals surface area contributed by atoms with Crippen LogP contribution in [0.15, 0.2) is 46.5 Å². The second-order valence-electron chi connectivity index (χ2n) is 4.78. The van der Waals surface area contributed by atoms with E-state index in [4.69, 9.17) is 0 Å². The Labute approximate surface area is 161 Å². The lowest BCUT2D eigenvalue weighted by atomic mass is 10.4. The fourth-order valence-corrected chi connectivity index (χ4v) is 2.89. The first kappa shape index (κ1) is 20.6. The number of hydrogen-bond acceptors (Lipinski definition) is 4. The molecule has 132 valence electrons. The molecule has 0 aliphatic heterocycles. The maximum Gasteiger partial charge on any atom is 0.191 e. The van der Waals surface area contributed by atoms with Gasteiger partial charge in [-0.05, 0) is 19.1 Å². The molecule has 0 fully saturated rings. The number of aromatic nitrogens is 3. The molecule has 1 aromatic carbocycles. The fraction of sp³-hybridized carbons (Fsp3) is 0.400. The van der Waals surface area contributed by atoms with Crippen LogP contribution in [0.3, 0.4) is 0 Å². The van der Waals surface area contributed by atoms with E-state index in [0.29, 0.717) is 24.8 Å². The molecule has 1 heterocycles. The number of halogens is 1. The molecule has 24 heavy (non-hydrogen) atoms. The normalized spacial score (nSPS) is 12.3. The monoisotopic (exact) mass is 462 g/mol. The highest BCUT2D eigenvalue weighted by atomic mass is 127. The maximum absolute atomic E-state index is 12.2. The Bertz CT molecular complexity index is 661. The molecule has 0 radical (unpaired) electrons. The van der Waals surface area contributed by atoms with Crippen molar-refractivity contribution in [1.29, 1.82) is 0 Å². The highest BCUT2D eigenvalue weighted by Gasteiger charge is 2.04. The standard InChI is InChI=1S/C15H22N6OS.HI/c1-3-16-15(18-11-14-19-12-20-21(14)2)17-9-10-23(22)13-7-5-4-6-8-13;/h4-8,12H,3,9-11H2,1-2H3,(H2,16,17,18);1H. The van der Waals surface area contributed by atoms with Crippen LogP contribution in [0.1, 0.15) is 12.7 Å². The third-order valence-corrected chi connectivity index (χ3v) is 4.49. The lowest BCUT2D eigenvalue weighted by Gasteiger charge is -2.11. The van der Waals surface area contributed by atoms with Crippen LogP contribution < -0.4 is 10.6 Å². The number of nitrogens with zero attached hydrogens (tertiary/aromatic N) is 4. The molecule has 0 spiro atoms. The van der Waals surface area contributed by atoms with Gasteiger partial charge in [0.2, 0.25) is 0 Å². The largest absolute Gasteiger partial charge is 0.357 e. The van der Waals surface area contributed by atoms with Crippen molar-refractivity contribution in [2.24, 2.45) is 12.0 Å². The van der Waals surface area contributed by atoms with Crippen molar-refractivity contribution in [2.75, 3.05) is 18.8 Å². The molecule has 2 rings (SSSR count). The number of hydrogen-bond donors (Lipinski definition) is 2. The number of guanidine groups is 1. The number of rotatable bonds is 7. The minimum atomic E-state index is -1.01. The minimum absolute atomic E-state index is 0. The SMILES string of the molecule is CCNC(=NCc1ncnn1C)NCCS(=O)c1ccccc1.I. The van der Waals surface area contributed by atoms with Crippen molar-refractivity contribution in [2.45, 2.75) is 18.4 Å². The first-order chi connectivity index (χ1) is 11.2. The van der Waals surface area contributed by atoms with Gasteiger partial charge in [0.15, 0.2) is 5.96 Å². The fourth-order valence-electron chi connectivity index (χ4n) is 1.91. The molecule has 2 aromatic rings. The summed E-state index contributed by atoms with van der Waals surface area (Å²) in [6.45, 7) is 3.77. The molecular formula is C15H23IN6OS. The van der Waals surface area contributed by atoms with E-state index in [1.807, 2.05) is 44.3 Å².